The Labute approximate surface area is 267 Å². The van der Waals surface area contributed by atoms with Gasteiger partial charge in [-0.3, -0.25) is 4.98 Å². The topological polar surface area (TPSA) is 51.6 Å². The van der Waals surface area contributed by atoms with Crippen LogP contribution in [0.15, 0.2) is 170 Å². The zero-order valence-corrected chi connectivity index (χ0v) is 25.0. The van der Waals surface area contributed by atoms with E-state index in [1.165, 1.54) is 27.5 Å². The number of pyridine rings is 1. The van der Waals surface area contributed by atoms with Gasteiger partial charge in [0.05, 0.1) is 0 Å². The summed E-state index contributed by atoms with van der Waals surface area (Å²) in [6.07, 6.45) is 3.70. The number of hydrogen-bond donors (Lipinski definition) is 0. The van der Waals surface area contributed by atoms with Gasteiger partial charge in [0.2, 0.25) is 0 Å². The molecule has 6 aromatic carbocycles. The smallest absolute Gasteiger partial charge is 0.164 e. The lowest BCUT2D eigenvalue weighted by Crippen LogP contribution is -2.00. The fourth-order valence-electron chi connectivity index (χ4n) is 5.91. The largest absolute Gasteiger partial charge is 0.264 e. The van der Waals surface area contributed by atoms with Gasteiger partial charge in [-0.1, -0.05) is 152 Å². The summed E-state index contributed by atoms with van der Waals surface area (Å²) in [6, 6.07) is 54.5. The molecule has 216 valence electrons. The number of nitrogens with zero attached hydrogens (tertiary/aromatic N) is 4. The molecule has 0 saturated heterocycles. The SMILES string of the molecule is c1ccc(-c2nc(-c3ccccc3)nc(-c3ccc(-c4ccc(-c5ccc(-c6cccnc6)cc5)c5ccccc45)cc3)n2)cc1. The molecule has 2 aromatic heterocycles. The molecule has 0 unspecified atom stereocenters. The van der Waals surface area contributed by atoms with Crippen LogP contribution in [0, 0.1) is 0 Å². The van der Waals surface area contributed by atoms with Crippen LogP contribution in [0.25, 0.3) is 78.3 Å². The van der Waals surface area contributed by atoms with Gasteiger partial charge in [-0.15, -0.1) is 0 Å². The first kappa shape index (κ1) is 27.3. The Morgan fingerprint density at radius 3 is 1.13 bits per heavy atom. The molecule has 0 fully saturated rings. The molecule has 4 heteroatoms. The van der Waals surface area contributed by atoms with E-state index in [0.29, 0.717) is 17.5 Å². The average molecular weight is 589 g/mol. The molecule has 0 N–H and O–H groups in total. The maximum atomic E-state index is 4.90. The third-order valence-corrected chi connectivity index (χ3v) is 8.27. The number of fused-ring (bicyclic) bond motifs is 1. The monoisotopic (exact) mass is 588 g/mol. The fourth-order valence-corrected chi connectivity index (χ4v) is 5.91. The van der Waals surface area contributed by atoms with Gasteiger partial charge in [-0.25, -0.2) is 15.0 Å². The van der Waals surface area contributed by atoms with Crippen molar-refractivity contribution in [2.45, 2.75) is 0 Å². The second-order valence-electron chi connectivity index (χ2n) is 11.1. The molecule has 0 radical (unpaired) electrons. The number of aromatic nitrogens is 4. The molecule has 0 aliphatic carbocycles. The van der Waals surface area contributed by atoms with Crippen LogP contribution in [0.2, 0.25) is 0 Å². The Morgan fingerprint density at radius 1 is 0.283 bits per heavy atom. The van der Waals surface area contributed by atoms with Crippen LogP contribution >= 0.6 is 0 Å². The van der Waals surface area contributed by atoms with E-state index in [1.54, 1.807) is 6.20 Å². The minimum absolute atomic E-state index is 0.647. The van der Waals surface area contributed by atoms with E-state index < -0.39 is 0 Å². The molecule has 0 spiro atoms. The van der Waals surface area contributed by atoms with Gasteiger partial charge < -0.3 is 0 Å². The minimum atomic E-state index is 0.647. The van der Waals surface area contributed by atoms with E-state index in [9.17, 15) is 0 Å². The predicted octanol–water partition coefficient (Wildman–Crippen LogP) is 10.4. The Balaban J connectivity index is 1.16. The molecular weight excluding hydrogens is 560 g/mol. The standard InChI is InChI=1S/C42H28N4/c1-3-10-32(11-4-1)40-44-41(33-12-5-2-6-13-33)46-42(45-40)34-23-21-31(22-24-34)37-26-25-36(38-15-7-8-16-39(37)38)30-19-17-29(18-20-30)35-14-9-27-43-28-35/h1-28H. The normalized spacial score (nSPS) is 11.0. The van der Waals surface area contributed by atoms with E-state index in [2.05, 4.69) is 96.0 Å². The number of rotatable bonds is 6. The highest BCUT2D eigenvalue weighted by atomic mass is 15.0. The molecular formula is C42H28N4. The number of hydrogen-bond acceptors (Lipinski definition) is 4. The van der Waals surface area contributed by atoms with E-state index >= 15 is 0 Å². The zero-order chi connectivity index (χ0) is 30.7. The van der Waals surface area contributed by atoms with Crippen molar-refractivity contribution in [2.24, 2.45) is 0 Å². The highest BCUT2D eigenvalue weighted by Crippen LogP contribution is 2.37. The summed E-state index contributed by atoms with van der Waals surface area (Å²) in [5.74, 6) is 1.96. The van der Waals surface area contributed by atoms with Crippen molar-refractivity contribution in [3.63, 3.8) is 0 Å². The second kappa shape index (κ2) is 12.0. The highest BCUT2D eigenvalue weighted by molar-refractivity contribution is 6.05. The molecule has 0 saturated carbocycles. The molecule has 2 heterocycles. The predicted molar refractivity (Wildman–Crippen MR) is 188 cm³/mol. The second-order valence-corrected chi connectivity index (χ2v) is 11.1. The third-order valence-electron chi connectivity index (χ3n) is 8.27. The van der Waals surface area contributed by atoms with Crippen molar-refractivity contribution in [1.82, 2.24) is 19.9 Å². The Morgan fingerprint density at radius 2 is 0.674 bits per heavy atom. The van der Waals surface area contributed by atoms with Crippen LogP contribution in [0.3, 0.4) is 0 Å². The van der Waals surface area contributed by atoms with E-state index in [1.807, 2.05) is 72.9 Å². The van der Waals surface area contributed by atoms with Crippen LogP contribution in [-0.4, -0.2) is 19.9 Å². The average Bonchev–Trinajstić information content (AvgIpc) is 3.15. The van der Waals surface area contributed by atoms with Gasteiger partial charge in [0.1, 0.15) is 0 Å². The summed E-state index contributed by atoms with van der Waals surface area (Å²) >= 11 is 0. The fraction of sp³-hybridized carbons (Fsp3) is 0. The molecule has 0 bridgehead atoms. The van der Waals surface area contributed by atoms with E-state index in [4.69, 9.17) is 15.0 Å². The molecule has 0 aliphatic rings. The molecule has 0 aliphatic heterocycles. The Kier molecular flexibility index (Phi) is 7.14. The molecule has 46 heavy (non-hydrogen) atoms. The third kappa shape index (κ3) is 5.33. The molecule has 8 rings (SSSR count). The van der Waals surface area contributed by atoms with Crippen LogP contribution in [0.5, 0.6) is 0 Å². The lowest BCUT2D eigenvalue weighted by molar-refractivity contribution is 1.07. The first-order valence-electron chi connectivity index (χ1n) is 15.3. The minimum Gasteiger partial charge on any atom is -0.264 e. The maximum absolute atomic E-state index is 4.90. The summed E-state index contributed by atoms with van der Waals surface area (Å²) < 4.78 is 0. The van der Waals surface area contributed by atoms with Crippen LogP contribution in [0.1, 0.15) is 0 Å². The van der Waals surface area contributed by atoms with Crippen molar-refractivity contribution >= 4 is 10.8 Å². The first-order valence-corrected chi connectivity index (χ1v) is 15.3. The number of benzene rings is 6. The van der Waals surface area contributed by atoms with E-state index in [0.717, 1.165) is 33.4 Å². The van der Waals surface area contributed by atoms with Gasteiger partial charge in [-0.05, 0) is 50.2 Å². The van der Waals surface area contributed by atoms with Crippen LogP contribution in [0.4, 0.5) is 0 Å². The van der Waals surface area contributed by atoms with Crippen LogP contribution in [-0.2, 0) is 0 Å². The van der Waals surface area contributed by atoms with Gasteiger partial charge in [0.15, 0.2) is 17.5 Å². The van der Waals surface area contributed by atoms with Gasteiger partial charge in [0, 0.05) is 29.1 Å². The lowest BCUT2D eigenvalue weighted by Gasteiger charge is -2.13. The summed E-state index contributed by atoms with van der Waals surface area (Å²) in [5.41, 5.74) is 9.84. The molecule has 4 nitrogen and oxygen atoms in total. The van der Waals surface area contributed by atoms with Gasteiger partial charge in [0.25, 0.3) is 0 Å². The Hall–Kier alpha value is -6.26. The van der Waals surface area contributed by atoms with Crippen molar-refractivity contribution in [3.8, 4) is 67.5 Å². The molecule has 0 amide bonds. The summed E-state index contributed by atoms with van der Waals surface area (Å²) in [5, 5.41) is 2.43. The lowest BCUT2D eigenvalue weighted by atomic mass is 9.91. The summed E-state index contributed by atoms with van der Waals surface area (Å²) in [4.78, 5) is 18.9. The van der Waals surface area contributed by atoms with Crippen molar-refractivity contribution in [3.05, 3.63) is 170 Å². The maximum Gasteiger partial charge on any atom is 0.164 e. The van der Waals surface area contributed by atoms with E-state index in [-0.39, 0.29) is 0 Å². The molecule has 8 aromatic rings. The van der Waals surface area contributed by atoms with Gasteiger partial charge in [-0.2, -0.15) is 0 Å². The van der Waals surface area contributed by atoms with Crippen molar-refractivity contribution < 1.29 is 0 Å². The van der Waals surface area contributed by atoms with Gasteiger partial charge >= 0.3 is 0 Å². The van der Waals surface area contributed by atoms with Crippen molar-refractivity contribution in [1.29, 1.82) is 0 Å². The summed E-state index contributed by atoms with van der Waals surface area (Å²) in [6.45, 7) is 0. The quantitative estimate of drug-likeness (QED) is 0.194. The highest BCUT2D eigenvalue weighted by Gasteiger charge is 2.14. The molecule has 0 atom stereocenters. The van der Waals surface area contributed by atoms with Crippen LogP contribution < -0.4 is 0 Å². The zero-order valence-electron chi connectivity index (χ0n) is 25.0. The van der Waals surface area contributed by atoms with Crippen molar-refractivity contribution in [2.75, 3.05) is 0 Å². The first-order chi connectivity index (χ1) is 22.8. The summed E-state index contributed by atoms with van der Waals surface area (Å²) in [7, 11) is 0. The Bertz CT molecular complexity index is 2210.